The zero-order valence-corrected chi connectivity index (χ0v) is 15.0. The van der Waals surface area contributed by atoms with Gasteiger partial charge in [-0.1, -0.05) is 34.6 Å². The van der Waals surface area contributed by atoms with Gasteiger partial charge in [-0.05, 0) is 44.4 Å². The van der Waals surface area contributed by atoms with Crippen LogP contribution in [0.4, 0.5) is 0 Å². The molecular formula is C18H34O3. The van der Waals surface area contributed by atoms with Gasteiger partial charge in [0.1, 0.15) is 0 Å². The molecule has 0 bridgehead atoms. The van der Waals surface area contributed by atoms with E-state index in [1.54, 1.807) is 0 Å². The molecule has 2 saturated heterocycles. The first-order chi connectivity index (χ1) is 9.73. The van der Waals surface area contributed by atoms with E-state index in [9.17, 15) is 0 Å². The van der Waals surface area contributed by atoms with Crippen LogP contribution in [0.2, 0.25) is 0 Å². The first kappa shape index (κ1) is 17.2. The van der Waals surface area contributed by atoms with Crippen molar-refractivity contribution >= 4 is 0 Å². The van der Waals surface area contributed by atoms with Crippen LogP contribution in [0.15, 0.2) is 0 Å². The van der Waals surface area contributed by atoms with Gasteiger partial charge < -0.3 is 14.2 Å². The maximum atomic E-state index is 6.43. The molecule has 2 rings (SSSR count). The van der Waals surface area contributed by atoms with E-state index < -0.39 is 0 Å². The average Bonchev–Trinajstić information content (AvgIpc) is 2.44. The Bertz CT molecular complexity index is 345. The summed E-state index contributed by atoms with van der Waals surface area (Å²) in [4.78, 5) is 0. The van der Waals surface area contributed by atoms with Crippen molar-refractivity contribution < 1.29 is 14.2 Å². The molecule has 10 atom stereocenters. The van der Waals surface area contributed by atoms with Crippen LogP contribution in [-0.4, -0.2) is 30.7 Å². The molecule has 0 amide bonds. The van der Waals surface area contributed by atoms with Gasteiger partial charge in [-0.2, -0.15) is 0 Å². The maximum absolute atomic E-state index is 6.43. The summed E-state index contributed by atoms with van der Waals surface area (Å²) in [6.45, 7) is 17.9. The fourth-order valence-corrected chi connectivity index (χ4v) is 3.85. The highest BCUT2D eigenvalue weighted by atomic mass is 16.7. The molecule has 124 valence electrons. The molecule has 0 aromatic heterocycles. The summed E-state index contributed by atoms with van der Waals surface area (Å²) in [7, 11) is 0. The Morgan fingerprint density at radius 3 is 1.67 bits per heavy atom. The minimum Gasteiger partial charge on any atom is -0.373 e. The summed E-state index contributed by atoms with van der Waals surface area (Å²) in [5, 5.41) is 0. The average molecular weight is 298 g/mol. The predicted molar refractivity (Wildman–Crippen MR) is 85.0 cm³/mol. The van der Waals surface area contributed by atoms with Crippen LogP contribution in [-0.2, 0) is 14.2 Å². The lowest BCUT2D eigenvalue weighted by atomic mass is 9.79. The highest BCUT2D eigenvalue weighted by Crippen LogP contribution is 2.39. The van der Waals surface area contributed by atoms with Gasteiger partial charge in [-0.15, -0.1) is 0 Å². The van der Waals surface area contributed by atoms with E-state index in [1.165, 1.54) is 0 Å². The lowest BCUT2D eigenvalue weighted by molar-refractivity contribution is -0.294. The lowest BCUT2D eigenvalue weighted by Gasteiger charge is -2.47. The molecule has 3 heteroatoms. The zero-order valence-electron chi connectivity index (χ0n) is 15.0. The number of ether oxygens (including phenoxy) is 3. The molecule has 2 heterocycles. The maximum Gasteiger partial charge on any atom is 0.161 e. The third-order valence-corrected chi connectivity index (χ3v) is 6.45. The molecule has 3 nitrogen and oxygen atoms in total. The fourth-order valence-electron chi connectivity index (χ4n) is 3.85. The van der Waals surface area contributed by atoms with Crippen molar-refractivity contribution in [3.63, 3.8) is 0 Å². The van der Waals surface area contributed by atoms with Gasteiger partial charge in [0.15, 0.2) is 6.29 Å². The summed E-state index contributed by atoms with van der Waals surface area (Å²) in [5.74, 6) is 2.62. The molecule has 0 aromatic rings. The van der Waals surface area contributed by atoms with Crippen molar-refractivity contribution in [2.45, 2.75) is 86.1 Å². The van der Waals surface area contributed by atoms with Crippen molar-refractivity contribution in [1.29, 1.82) is 0 Å². The Hall–Kier alpha value is -0.120. The third-order valence-electron chi connectivity index (χ3n) is 6.45. The summed E-state index contributed by atoms with van der Waals surface area (Å²) < 4.78 is 18.6. The standard InChI is InChI=1S/C18H34O3/c1-9-10(2)15(7)20-18(13(9)5)21-17-12(4)11(3)14(6)19-16(17)8/h9-18H,1-8H3/t9-,10+,11?,12+,13?,14-,15?,16?,17+,18+/m1/s1. The van der Waals surface area contributed by atoms with Crippen molar-refractivity contribution in [2.75, 3.05) is 0 Å². The van der Waals surface area contributed by atoms with Gasteiger partial charge in [0.2, 0.25) is 0 Å². The van der Waals surface area contributed by atoms with Crippen LogP contribution in [0.3, 0.4) is 0 Å². The molecule has 0 aromatic carbocycles. The fraction of sp³-hybridized carbons (Fsp3) is 1.00. The Morgan fingerprint density at radius 2 is 1.05 bits per heavy atom. The van der Waals surface area contributed by atoms with Crippen LogP contribution < -0.4 is 0 Å². The van der Waals surface area contributed by atoms with Gasteiger partial charge in [-0.3, -0.25) is 0 Å². The molecule has 2 aliphatic rings. The first-order valence-corrected chi connectivity index (χ1v) is 8.70. The van der Waals surface area contributed by atoms with Crippen LogP contribution >= 0.6 is 0 Å². The Kier molecular flexibility index (Phi) is 5.38. The van der Waals surface area contributed by atoms with Gasteiger partial charge in [0, 0.05) is 5.92 Å². The summed E-state index contributed by atoms with van der Waals surface area (Å²) in [6, 6.07) is 0. The first-order valence-electron chi connectivity index (χ1n) is 8.70. The smallest absolute Gasteiger partial charge is 0.161 e. The van der Waals surface area contributed by atoms with E-state index in [4.69, 9.17) is 14.2 Å². The SMILES string of the molecule is CC1O[C@@H](O[C@@H]2C(C)O[C@H](C)C(C)[C@@H]2C)C(C)[C@H](C)[C@@H]1C. The highest BCUT2D eigenvalue weighted by molar-refractivity contribution is 4.88. The molecule has 2 aliphatic heterocycles. The minimum atomic E-state index is -0.106. The van der Waals surface area contributed by atoms with Gasteiger partial charge >= 0.3 is 0 Å². The van der Waals surface area contributed by atoms with Gasteiger partial charge in [-0.25, -0.2) is 0 Å². The third kappa shape index (κ3) is 3.30. The van der Waals surface area contributed by atoms with E-state index in [0.717, 1.165) is 0 Å². The number of rotatable bonds is 2. The Morgan fingerprint density at radius 1 is 0.524 bits per heavy atom. The lowest BCUT2D eigenvalue weighted by Crippen LogP contribution is -2.53. The molecule has 0 aliphatic carbocycles. The molecule has 21 heavy (non-hydrogen) atoms. The van der Waals surface area contributed by atoms with E-state index in [-0.39, 0.29) is 24.6 Å². The van der Waals surface area contributed by atoms with Crippen LogP contribution in [0.25, 0.3) is 0 Å². The van der Waals surface area contributed by atoms with E-state index in [2.05, 4.69) is 55.4 Å². The van der Waals surface area contributed by atoms with Crippen molar-refractivity contribution in [3.05, 3.63) is 0 Å². The quantitative estimate of drug-likeness (QED) is 0.768. The van der Waals surface area contributed by atoms with E-state index >= 15 is 0 Å². The van der Waals surface area contributed by atoms with Crippen LogP contribution in [0, 0.1) is 29.6 Å². The van der Waals surface area contributed by atoms with Crippen molar-refractivity contribution in [2.24, 2.45) is 29.6 Å². The largest absolute Gasteiger partial charge is 0.373 e. The minimum absolute atomic E-state index is 0.106. The topological polar surface area (TPSA) is 27.7 Å². The molecule has 0 spiro atoms. The van der Waals surface area contributed by atoms with Crippen LogP contribution in [0.1, 0.15) is 55.4 Å². The second-order valence-electron chi connectivity index (χ2n) is 7.65. The summed E-state index contributed by atoms with van der Waals surface area (Å²) in [6.07, 6.45) is 0.707. The molecule has 2 fully saturated rings. The molecule has 4 unspecified atom stereocenters. The normalized spacial score (nSPS) is 55.4. The molecule has 0 saturated carbocycles. The van der Waals surface area contributed by atoms with E-state index in [1.807, 2.05) is 0 Å². The number of hydrogen-bond donors (Lipinski definition) is 0. The summed E-state index contributed by atoms with van der Waals surface area (Å²) in [5.41, 5.74) is 0. The summed E-state index contributed by atoms with van der Waals surface area (Å²) >= 11 is 0. The molecular weight excluding hydrogens is 264 g/mol. The highest BCUT2D eigenvalue weighted by Gasteiger charge is 2.43. The second kappa shape index (κ2) is 6.55. The van der Waals surface area contributed by atoms with Gasteiger partial charge in [0.25, 0.3) is 0 Å². The zero-order chi connectivity index (χ0) is 15.9. The number of hydrogen-bond acceptors (Lipinski definition) is 3. The molecule has 0 N–H and O–H groups in total. The Balaban J connectivity index is 2.06. The monoisotopic (exact) mass is 298 g/mol. The van der Waals surface area contributed by atoms with Crippen molar-refractivity contribution in [3.8, 4) is 0 Å². The van der Waals surface area contributed by atoms with Crippen molar-refractivity contribution in [1.82, 2.24) is 0 Å². The Labute approximate surface area is 130 Å². The molecule has 0 radical (unpaired) electrons. The van der Waals surface area contributed by atoms with Crippen LogP contribution in [0.5, 0.6) is 0 Å². The van der Waals surface area contributed by atoms with Gasteiger partial charge in [0.05, 0.1) is 24.4 Å². The second-order valence-corrected chi connectivity index (χ2v) is 7.65. The van der Waals surface area contributed by atoms with E-state index in [0.29, 0.717) is 35.7 Å². The predicted octanol–water partition coefficient (Wildman–Crippen LogP) is 4.10.